The van der Waals surface area contributed by atoms with E-state index in [4.69, 9.17) is 16.3 Å². The minimum atomic E-state index is -0.172. The highest BCUT2D eigenvalue weighted by atomic mass is 35.5. The van der Waals surface area contributed by atoms with Gasteiger partial charge in [0.15, 0.2) is 0 Å². The number of hydrogen-bond acceptors (Lipinski definition) is 3. The van der Waals surface area contributed by atoms with E-state index < -0.39 is 0 Å². The molecule has 0 radical (unpaired) electrons. The van der Waals surface area contributed by atoms with Crippen LogP contribution < -0.4 is 10.1 Å². The molecule has 0 aromatic heterocycles. The summed E-state index contributed by atoms with van der Waals surface area (Å²) in [6, 6.07) is 15.3. The molecule has 0 saturated heterocycles. The molecule has 0 heterocycles. The molecule has 2 rings (SSSR count). The average molecular weight is 364 g/mol. The smallest absolute Gasteiger partial charge is 0.233 e. The van der Waals surface area contributed by atoms with E-state index in [2.05, 4.69) is 5.32 Å². The summed E-state index contributed by atoms with van der Waals surface area (Å²) in [5.74, 6) is 0.851. The molecular weight excluding hydrogens is 342 g/mol. The van der Waals surface area contributed by atoms with Crippen LogP contribution in [0.25, 0.3) is 0 Å². The van der Waals surface area contributed by atoms with Gasteiger partial charge in [0.25, 0.3) is 0 Å². The van der Waals surface area contributed by atoms with Crippen molar-refractivity contribution in [1.82, 2.24) is 5.32 Å². The Hall–Kier alpha value is -1.65. The monoisotopic (exact) mass is 363 g/mol. The zero-order chi connectivity index (χ0) is 17.5. The minimum Gasteiger partial charge on any atom is -0.491 e. The van der Waals surface area contributed by atoms with Crippen molar-refractivity contribution < 1.29 is 9.53 Å². The standard InChI is InChI=1S/C19H22ClNO2S/c1-13(2)23-17-8-4-15(5-9-17)12-21-19(22)14(3)24-18-10-6-16(20)7-11-18/h4-11,13-14H,12H2,1-3H3,(H,21,22)/t14-/m1/s1. The molecule has 1 amide bonds. The molecule has 1 atom stereocenters. The lowest BCUT2D eigenvalue weighted by Crippen LogP contribution is -2.30. The van der Waals surface area contributed by atoms with Crippen LogP contribution in [0, 0.1) is 0 Å². The first-order valence-electron chi connectivity index (χ1n) is 7.89. The molecule has 0 aliphatic heterocycles. The summed E-state index contributed by atoms with van der Waals surface area (Å²) in [5, 5.41) is 3.49. The molecule has 0 fully saturated rings. The summed E-state index contributed by atoms with van der Waals surface area (Å²) in [4.78, 5) is 13.2. The third-order valence-corrected chi connectivity index (χ3v) is 4.62. The number of amides is 1. The Bertz CT molecular complexity index is 656. The van der Waals surface area contributed by atoms with Crippen LogP contribution in [0.4, 0.5) is 0 Å². The van der Waals surface area contributed by atoms with Gasteiger partial charge in [-0.15, -0.1) is 11.8 Å². The van der Waals surface area contributed by atoms with Gasteiger partial charge in [-0.1, -0.05) is 23.7 Å². The lowest BCUT2D eigenvalue weighted by molar-refractivity contribution is -0.120. The van der Waals surface area contributed by atoms with Gasteiger partial charge >= 0.3 is 0 Å². The number of carbonyl (C=O) groups is 1. The molecule has 0 aliphatic rings. The number of ether oxygens (including phenoxy) is 1. The molecule has 0 saturated carbocycles. The second kappa shape index (κ2) is 9.00. The Morgan fingerprint density at radius 3 is 2.29 bits per heavy atom. The van der Waals surface area contributed by atoms with Gasteiger partial charge in [-0.3, -0.25) is 4.79 Å². The van der Waals surface area contributed by atoms with Gasteiger partial charge in [0.1, 0.15) is 5.75 Å². The van der Waals surface area contributed by atoms with Crippen LogP contribution in [-0.4, -0.2) is 17.3 Å². The first-order chi connectivity index (χ1) is 11.4. The van der Waals surface area contributed by atoms with Gasteiger partial charge in [0.2, 0.25) is 5.91 Å². The predicted octanol–water partition coefficient (Wildman–Crippen LogP) is 4.92. The fraction of sp³-hybridized carbons (Fsp3) is 0.316. The van der Waals surface area contributed by atoms with E-state index in [1.54, 1.807) is 0 Å². The van der Waals surface area contributed by atoms with E-state index in [1.807, 2.05) is 69.3 Å². The SMILES string of the molecule is CC(C)Oc1ccc(CNC(=O)[C@@H](C)Sc2ccc(Cl)cc2)cc1. The normalized spacial score (nSPS) is 12.0. The van der Waals surface area contributed by atoms with Crippen molar-refractivity contribution in [3.05, 3.63) is 59.1 Å². The Kier molecular flexibility index (Phi) is 7.00. The predicted molar refractivity (Wildman–Crippen MR) is 101 cm³/mol. The van der Waals surface area contributed by atoms with Crippen molar-refractivity contribution in [1.29, 1.82) is 0 Å². The third kappa shape index (κ3) is 6.10. The molecule has 5 heteroatoms. The number of benzene rings is 2. The molecule has 0 bridgehead atoms. The van der Waals surface area contributed by atoms with E-state index in [9.17, 15) is 4.79 Å². The number of carbonyl (C=O) groups excluding carboxylic acids is 1. The summed E-state index contributed by atoms with van der Waals surface area (Å²) in [6.07, 6.45) is 0.154. The summed E-state index contributed by atoms with van der Waals surface area (Å²) < 4.78 is 5.61. The van der Waals surface area contributed by atoms with Crippen molar-refractivity contribution >= 4 is 29.3 Å². The molecule has 0 spiro atoms. The van der Waals surface area contributed by atoms with Crippen molar-refractivity contribution in [3.8, 4) is 5.75 Å². The molecule has 2 aromatic carbocycles. The highest BCUT2D eigenvalue weighted by molar-refractivity contribution is 8.00. The van der Waals surface area contributed by atoms with Crippen LogP contribution in [-0.2, 0) is 11.3 Å². The van der Waals surface area contributed by atoms with Crippen LogP contribution in [0.3, 0.4) is 0 Å². The molecule has 3 nitrogen and oxygen atoms in total. The summed E-state index contributed by atoms with van der Waals surface area (Å²) in [7, 11) is 0. The number of hydrogen-bond donors (Lipinski definition) is 1. The van der Waals surface area contributed by atoms with Crippen molar-refractivity contribution in [2.75, 3.05) is 0 Å². The Labute approximate surface area is 152 Å². The zero-order valence-electron chi connectivity index (χ0n) is 14.1. The lowest BCUT2D eigenvalue weighted by Gasteiger charge is -2.13. The fourth-order valence-corrected chi connectivity index (χ4v) is 3.08. The highest BCUT2D eigenvalue weighted by Crippen LogP contribution is 2.24. The molecule has 1 N–H and O–H groups in total. The van der Waals surface area contributed by atoms with Crippen LogP contribution >= 0.6 is 23.4 Å². The van der Waals surface area contributed by atoms with Crippen molar-refractivity contribution in [2.45, 2.75) is 43.6 Å². The molecule has 0 unspecified atom stereocenters. The Morgan fingerprint density at radius 1 is 1.08 bits per heavy atom. The minimum absolute atomic E-state index is 0.0115. The van der Waals surface area contributed by atoms with Crippen LogP contribution in [0.15, 0.2) is 53.4 Å². The van der Waals surface area contributed by atoms with Crippen molar-refractivity contribution in [2.24, 2.45) is 0 Å². The second-order valence-electron chi connectivity index (χ2n) is 5.74. The van der Waals surface area contributed by atoms with Gasteiger partial charge in [0.05, 0.1) is 11.4 Å². The fourth-order valence-electron chi connectivity index (χ4n) is 2.06. The van der Waals surface area contributed by atoms with Crippen LogP contribution in [0.2, 0.25) is 5.02 Å². The maximum absolute atomic E-state index is 12.2. The summed E-state index contributed by atoms with van der Waals surface area (Å²) >= 11 is 7.38. The molecule has 128 valence electrons. The Morgan fingerprint density at radius 2 is 1.71 bits per heavy atom. The molecule has 0 aliphatic carbocycles. The lowest BCUT2D eigenvalue weighted by atomic mass is 10.2. The summed E-state index contributed by atoms with van der Waals surface area (Å²) in [5.41, 5.74) is 1.04. The van der Waals surface area contributed by atoms with Crippen molar-refractivity contribution in [3.63, 3.8) is 0 Å². The van der Waals surface area contributed by atoms with E-state index in [0.29, 0.717) is 11.6 Å². The maximum Gasteiger partial charge on any atom is 0.233 e. The van der Waals surface area contributed by atoms with Gasteiger partial charge in [-0.2, -0.15) is 0 Å². The highest BCUT2D eigenvalue weighted by Gasteiger charge is 2.14. The largest absolute Gasteiger partial charge is 0.491 e. The third-order valence-electron chi connectivity index (χ3n) is 3.26. The topological polar surface area (TPSA) is 38.3 Å². The number of thioether (sulfide) groups is 1. The zero-order valence-corrected chi connectivity index (χ0v) is 15.7. The quantitative estimate of drug-likeness (QED) is 0.709. The van der Waals surface area contributed by atoms with Gasteiger partial charge in [0, 0.05) is 16.5 Å². The number of halogens is 1. The number of nitrogens with one attached hydrogen (secondary N) is 1. The molecular formula is C19H22ClNO2S. The number of rotatable bonds is 7. The van der Waals surface area contributed by atoms with Crippen LogP contribution in [0.1, 0.15) is 26.3 Å². The average Bonchev–Trinajstić information content (AvgIpc) is 2.55. The maximum atomic E-state index is 12.2. The van der Waals surface area contributed by atoms with E-state index in [0.717, 1.165) is 16.2 Å². The first kappa shape index (κ1) is 18.7. The molecule has 2 aromatic rings. The van der Waals surface area contributed by atoms with Gasteiger partial charge in [-0.05, 0) is 62.7 Å². The summed E-state index contributed by atoms with van der Waals surface area (Å²) in [6.45, 7) is 6.39. The second-order valence-corrected chi connectivity index (χ2v) is 7.59. The van der Waals surface area contributed by atoms with E-state index in [-0.39, 0.29) is 17.3 Å². The van der Waals surface area contributed by atoms with E-state index in [1.165, 1.54) is 11.8 Å². The van der Waals surface area contributed by atoms with E-state index >= 15 is 0 Å². The Balaban J connectivity index is 1.82. The first-order valence-corrected chi connectivity index (χ1v) is 9.15. The van der Waals surface area contributed by atoms with Gasteiger partial charge < -0.3 is 10.1 Å². The van der Waals surface area contributed by atoms with Gasteiger partial charge in [-0.25, -0.2) is 0 Å². The van der Waals surface area contributed by atoms with Crippen LogP contribution in [0.5, 0.6) is 5.75 Å². The molecule has 24 heavy (non-hydrogen) atoms.